The second kappa shape index (κ2) is 8.69. The molecule has 1 N–H and O–H groups in total. The molecule has 0 spiro atoms. The van der Waals surface area contributed by atoms with E-state index in [1.165, 1.54) is 16.7 Å². The zero-order valence-corrected chi connectivity index (χ0v) is 16.6. The molecule has 1 aliphatic heterocycles. The van der Waals surface area contributed by atoms with Crippen molar-refractivity contribution in [2.45, 2.75) is 12.8 Å². The summed E-state index contributed by atoms with van der Waals surface area (Å²) in [7, 11) is 0. The highest BCUT2D eigenvalue weighted by Gasteiger charge is 2.31. The smallest absolute Gasteiger partial charge is 0.303 e. The van der Waals surface area contributed by atoms with Gasteiger partial charge in [-0.2, -0.15) is 0 Å². The molecule has 1 fully saturated rings. The predicted molar refractivity (Wildman–Crippen MR) is 114 cm³/mol. The van der Waals surface area contributed by atoms with Crippen molar-refractivity contribution in [1.82, 2.24) is 4.90 Å². The Labute approximate surface area is 171 Å². The number of thioether (sulfide) groups is 1. The second-order valence-corrected chi connectivity index (χ2v) is 8.04. The third-order valence-electron chi connectivity index (χ3n) is 4.05. The van der Waals surface area contributed by atoms with Crippen LogP contribution in [0.25, 0.3) is 17.2 Å². The van der Waals surface area contributed by atoms with E-state index < -0.39 is 5.97 Å². The van der Waals surface area contributed by atoms with Crippen molar-refractivity contribution in [1.29, 1.82) is 0 Å². The normalized spacial score (nSPS) is 15.6. The summed E-state index contributed by atoms with van der Waals surface area (Å²) < 4.78 is 0.459. The Hall–Kier alpha value is -2.15. The van der Waals surface area contributed by atoms with Gasteiger partial charge in [0.15, 0.2) is 0 Å². The molecule has 1 saturated heterocycles. The maximum absolute atomic E-state index is 12.7. The SMILES string of the molecule is O=C(O)CCCN1C(=O)/C(=C/c2ccccc2-c2ccc(Cl)cc2)SC1=S. The quantitative estimate of drug-likeness (QED) is 0.525. The summed E-state index contributed by atoms with van der Waals surface area (Å²) in [5, 5.41) is 9.43. The van der Waals surface area contributed by atoms with E-state index in [1.807, 2.05) is 54.6 Å². The number of amides is 1. The number of carbonyl (C=O) groups excluding carboxylic acids is 1. The van der Waals surface area contributed by atoms with Crippen LogP contribution in [0.1, 0.15) is 18.4 Å². The fourth-order valence-electron chi connectivity index (χ4n) is 2.74. The molecule has 4 nitrogen and oxygen atoms in total. The number of aliphatic carboxylic acids is 1. The van der Waals surface area contributed by atoms with E-state index in [4.69, 9.17) is 28.9 Å². The van der Waals surface area contributed by atoms with E-state index in [9.17, 15) is 9.59 Å². The Balaban J connectivity index is 1.85. The molecule has 3 rings (SSSR count). The number of hydrogen-bond acceptors (Lipinski definition) is 4. The van der Waals surface area contributed by atoms with Crippen molar-refractivity contribution in [2.24, 2.45) is 0 Å². The van der Waals surface area contributed by atoms with E-state index in [1.54, 1.807) is 0 Å². The molecule has 0 aliphatic carbocycles. The Morgan fingerprint density at radius 3 is 2.59 bits per heavy atom. The Bertz CT molecular complexity index is 925. The molecule has 27 heavy (non-hydrogen) atoms. The van der Waals surface area contributed by atoms with Gasteiger partial charge in [-0.3, -0.25) is 14.5 Å². The summed E-state index contributed by atoms with van der Waals surface area (Å²) in [6.45, 7) is 0.313. The number of carboxylic acids is 1. The summed E-state index contributed by atoms with van der Waals surface area (Å²) >= 11 is 12.5. The van der Waals surface area contributed by atoms with Crippen molar-refractivity contribution >= 4 is 57.9 Å². The van der Waals surface area contributed by atoms with Gasteiger partial charge in [0.1, 0.15) is 4.32 Å². The van der Waals surface area contributed by atoms with Crippen LogP contribution in [-0.2, 0) is 9.59 Å². The van der Waals surface area contributed by atoms with Gasteiger partial charge in [-0.15, -0.1) is 0 Å². The number of hydrogen-bond donors (Lipinski definition) is 1. The van der Waals surface area contributed by atoms with Gasteiger partial charge in [0.2, 0.25) is 0 Å². The highest BCUT2D eigenvalue weighted by molar-refractivity contribution is 8.26. The lowest BCUT2D eigenvalue weighted by Gasteiger charge is -2.13. The second-order valence-electron chi connectivity index (χ2n) is 5.92. The van der Waals surface area contributed by atoms with Gasteiger partial charge in [0.05, 0.1) is 4.91 Å². The monoisotopic (exact) mass is 417 g/mol. The van der Waals surface area contributed by atoms with Gasteiger partial charge < -0.3 is 5.11 Å². The number of carboxylic acid groups (broad SMARTS) is 1. The van der Waals surface area contributed by atoms with Crippen molar-refractivity contribution in [3.63, 3.8) is 0 Å². The molecular formula is C20H16ClNO3S2. The first kappa shape index (κ1) is 19.6. The maximum Gasteiger partial charge on any atom is 0.303 e. The molecule has 1 aliphatic rings. The van der Waals surface area contributed by atoms with Crippen molar-refractivity contribution in [3.8, 4) is 11.1 Å². The molecule has 0 aromatic heterocycles. The minimum Gasteiger partial charge on any atom is -0.481 e. The van der Waals surface area contributed by atoms with Crippen molar-refractivity contribution in [3.05, 3.63) is 64.0 Å². The first-order valence-electron chi connectivity index (χ1n) is 8.28. The largest absolute Gasteiger partial charge is 0.481 e. The lowest BCUT2D eigenvalue weighted by Crippen LogP contribution is -2.29. The van der Waals surface area contributed by atoms with Crippen LogP contribution in [0.4, 0.5) is 0 Å². The van der Waals surface area contributed by atoms with Gasteiger partial charge in [0, 0.05) is 18.0 Å². The van der Waals surface area contributed by atoms with Crippen LogP contribution in [0.3, 0.4) is 0 Å². The summed E-state index contributed by atoms with van der Waals surface area (Å²) in [4.78, 5) is 25.4. The highest BCUT2D eigenvalue weighted by Crippen LogP contribution is 2.35. The van der Waals surface area contributed by atoms with Gasteiger partial charge in [-0.05, 0) is 41.3 Å². The molecule has 0 saturated carbocycles. The summed E-state index contributed by atoms with van der Waals surface area (Å²) in [6, 6.07) is 15.3. The number of rotatable bonds is 6. The van der Waals surface area contributed by atoms with Gasteiger partial charge in [-0.1, -0.05) is 72.0 Å². The Morgan fingerprint density at radius 1 is 1.19 bits per heavy atom. The Morgan fingerprint density at radius 2 is 1.89 bits per heavy atom. The van der Waals surface area contributed by atoms with Crippen LogP contribution in [0, 0.1) is 0 Å². The maximum atomic E-state index is 12.7. The Kier molecular flexibility index (Phi) is 6.31. The summed E-state index contributed by atoms with van der Waals surface area (Å²) in [5.74, 6) is -1.06. The van der Waals surface area contributed by atoms with Crippen molar-refractivity contribution < 1.29 is 14.7 Å². The van der Waals surface area contributed by atoms with E-state index in [-0.39, 0.29) is 12.3 Å². The van der Waals surface area contributed by atoms with Crippen LogP contribution in [0.2, 0.25) is 5.02 Å². The minimum atomic E-state index is -0.882. The molecule has 0 bridgehead atoms. The molecule has 7 heteroatoms. The first-order valence-corrected chi connectivity index (χ1v) is 9.88. The fourth-order valence-corrected chi connectivity index (χ4v) is 4.16. The summed E-state index contributed by atoms with van der Waals surface area (Å²) in [5.41, 5.74) is 2.90. The molecule has 0 unspecified atom stereocenters. The van der Waals surface area contributed by atoms with E-state index >= 15 is 0 Å². The lowest BCUT2D eigenvalue weighted by molar-refractivity contribution is -0.137. The number of benzene rings is 2. The molecule has 0 radical (unpaired) electrons. The third kappa shape index (κ3) is 4.77. The predicted octanol–water partition coefficient (Wildman–Crippen LogP) is 5.07. The minimum absolute atomic E-state index is 0.00943. The highest BCUT2D eigenvalue weighted by atomic mass is 35.5. The van der Waals surface area contributed by atoms with Gasteiger partial charge in [0.25, 0.3) is 5.91 Å². The molecule has 0 atom stereocenters. The van der Waals surface area contributed by atoms with Gasteiger partial charge in [-0.25, -0.2) is 0 Å². The number of halogens is 1. The summed E-state index contributed by atoms with van der Waals surface area (Å²) in [6.07, 6.45) is 2.21. The molecular weight excluding hydrogens is 402 g/mol. The van der Waals surface area contributed by atoms with Crippen LogP contribution >= 0.6 is 35.6 Å². The number of thiocarbonyl (C=S) groups is 1. The van der Waals surface area contributed by atoms with E-state index in [2.05, 4.69) is 0 Å². The lowest BCUT2D eigenvalue weighted by atomic mass is 9.99. The topological polar surface area (TPSA) is 57.6 Å². The van der Waals surface area contributed by atoms with E-state index in [0.29, 0.717) is 27.2 Å². The van der Waals surface area contributed by atoms with Gasteiger partial charge >= 0.3 is 5.97 Å². The first-order chi connectivity index (χ1) is 13.0. The zero-order chi connectivity index (χ0) is 19.4. The van der Waals surface area contributed by atoms with Crippen LogP contribution in [-0.4, -0.2) is 32.7 Å². The number of nitrogens with zero attached hydrogens (tertiary/aromatic N) is 1. The average molecular weight is 418 g/mol. The van der Waals surface area contributed by atoms with E-state index in [0.717, 1.165) is 16.7 Å². The molecule has 1 heterocycles. The molecule has 2 aromatic carbocycles. The third-order valence-corrected chi connectivity index (χ3v) is 5.68. The standard InChI is InChI=1S/C20H16ClNO3S2/c21-15-9-7-13(8-10-15)16-5-2-1-4-14(16)12-17-19(25)22(20(26)27-17)11-3-6-18(23)24/h1-2,4-5,7-10,12H,3,6,11H2,(H,23,24)/b17-12-. The number of carbonyl (C=O) groups is 2. The fraction of sp³-hybridized carbons (Fsp3) is 0.150. The molecule has 138 valence electrons. The van der Waals surface area contributed by atoms with Crippen LogP contribution in [0.5, 0.6) is 0 Å². The van der Waals surface area contributed by atoms with Crippen LogP contribution < -0.4 is 0 Å². The molecule has 1 amide bonds. The molecule has 2 aromatic rings. The van der Waals surface area contributed by atoms with Crippen LogP contribution in [0.15, 0.2) is 53.4 Å². The van der Waals surface area contributed by atoms with Crippen molar-refractivity contribution in [2.75, 3.05) is 6.54 Å². The average Bonchev–Trinajstić information content (AvgIpc) is 2.90. The zero-order valence-electron chi connectivity index (χ0n) is 14.2.